The van der Waals surface area contributed by atoms with Crippen molar-refractivity contribution in [1.29, 1.82) is 0 Å². The molecule has 0 saturated carbocycles. The van der Waals surface area contributed by atoms with Crippen molar-refractivity contribution in [2.75, 3.05) is 10.6 Å². The normalized spacial score (nSPS) is 11.1. The molecule has 0 atom stereocenters. The van der Waals surface area contributed by atoms with Gasteiger partial charge >= 0.3 is 0 Å². The molecule has 2 aromatic carbocycles. The van der Waals surface area contributed by atoms with Crippen molar-refractivity contribution in [2.45, 2.75) is 33.6 Å². The van der Waals surface area contributed by atoms with Crippen LogP contribution in [0.15, 0.2) is 54.6 Å². The molecule has 0 aliphatic rings. The Morgan fingerprint density at radius 2 is 1.62 bits per heavy atom. The molecule has 0 spiro atoms. The lowest BCUT2D eigenvalue weighted by Gasteiger charge is -2.14. The molecule has 0 radical (unpaired) electrons. The van der Waals surface area contributed by atoms with E-state index in [9.17, 15) is 9.59 Å². The Morgan fingerprint density at radius 1 is 0.931 bits per heavy atom. The number of amides is 2. The molecule has 3 rings (SSSR count). The molecular weight excluding hydrogens is 384 g/mol. The zero-order chi connectivity index (χ0) is 20.9. The van der Waals surface area contributed by atoms with Gasteiger partial charge in [0.1, 0.15) is 5.01 Å². The van der Waals surface area contributed by atoms with Gasteiger partial charge in [0.05, 0.1) is 6.42 Å². The lowest BCUT2D eigenvalue weighted by molar-refractivity contribution is -0.115. The summed E-state index contributed by atoms with van der Waals surface area (Å²) in [5.74, 6) is -0.362. The number of benzene rings is 2. The monoisotopic (exact) mass is 408 g/mol. The highest BCUT2D eigenvalue weighted by Gasteiger charge is 2.16. The van der Waals surface area contributed by atoms with Crippen LogP contribution < -0.4 is 10.6 Å². The highest BCUT2D eigenvalue weighted by Crippen LogP contribution is 2.25. The molecule has 0 unspecified atom stereocenters. The third kappa shape index (κ3) is 6.50. The summed E-state index contributed by atoms with van der Waals surface area (Å²) < 4.78 is 0. The molecule has 3 aromatic rings. The van der Waals surface area contributed by atoms with Gasteiger partial charge in [-0.2, -0.15) is 0 Å². The van der Waals surface area contributed by atoms with E-state index in [1.807, 2.05) is 30.3 Å². The highest BCUT2D eigenvalue weighted by atomic mass is 32.1. The fraction of sp³-hybridized carbons (Fsp3) is 0.273. The maximum absolute atomic E-state index is 12.4. The average molecular weight is 409 g/mol. The summed E-state index contributed by atoms with van der Waals surface area (Å²) >= 11 is 1.38. The summed E-state index contributed by atoms with van der Waals surface area (Å²) in [5.41, 5.74) is 2.19. The number of aromatic nitrogens is 2. The van der Waals surface area contributed by atoms with Crippen LogP contribution in [0, 0.1) is 5.41 Å². The van der Waals surface area contributed by atoms with Crippen LogP contribution >= 0.6 is 11.3 Å². The molecule has 6 nitrogen and oxygen atoms in total. The number of nitrogens with one attached hydrogen (secondary N) is 2. The van der Waals surface area contributed by atoms with Crippen molar-refractivity contribution in [3.63, 3.8) is 0 Å². The van der Waals surface area contributed by atoms with Crippen LogP contribution in [0.1, 0.15) is 41.7 Å². The molecule has 150 valence electrons. The first-order chi connectivity index (χ1) is 13.8. The molecule has 0 fully saturated rings. The Hall–Kier alpha value is -3.06. The van der Waals surface area contributed by atoms with Gasteiger partial charge in [0.15, 0.2) is 0 Å². The van der Waals surface area contributed by atoms with E-state index in [0.717, 1.165) is 17.0 Å². The maximum Gasteiger partial charge on any atom is 0.257 e. The van der Waals surface area contributed by atoms with E-state index in [4.69, 9.17) is 0 Å². The summed E-state index contributed by atoms with van der Waals surface area (Å²) in [4.78, 5) is 24.6. The molecule has 7 heteroatoms. The number of rotatable bonds is 6. The van der Waals surface area contributed by atoms with Gasteiger partial charge in [-0.25, -0.2) is 0 Å². The third-order valence-corrected chi connectivity index (χ3v) is 4.85. The molecule has 0 bridgehead atoms. The van der Waals surface area contributed by atoms with E-state index in [0.29, 0.717) is 22.8 Å². The quantitative estimate of drug-likeness (QED) is 0.626. The predicted octanol–water partition coefficient (Wildman–Crippen LogP) is 4.56. The fourth-order valence-electron chi connectivity index (χ4n) is 2.69. The lowest BCUT2D eigenvalue weighted by atomic mass is 9.93. The molecule has 29 heavy (non-hydrogen) atoms. The van der Waals surface area contributed by atoms with Crippen LogP contribution in [0.3, 0.4) is 0 Å². The van der Waals surface area contributed by atoms with Crippen molar-refractivity contribution in [3.8, 4) is 0 Å². The van der Waals surface area contributed by atoms with Crippen LogP contribution in [0.4, 0.5) is 10.8 Å². The lowest BCUT2D eigenvalue weighted by Crippen LogP contribution is -2.15. The number of nitrogens with zero attached hydrogens (tertiary/aromatic N) is 2. The van der Waals surface area contributed by atoms with E-state index in [1.165, 1.54) is 11.3 Å². The molecule has 0 aliphatic carbocycles. The van der Waals surface area contributed by atoms with E-state index in [1.54, 1.807) is 24.3 Å². The molecule has 2 amide bonds. The van der Waals surface area contributed by atoms with Crippen LogP contribution in [-0.4, -0.2) is 22.0 Å². The van der Waals surface area contributed by atoms with Crippen LogP contribution in [0.5, 0.6) is 0 Å². The Morgan fingerprint density at radius 3 is 2.28 bits per heavy atom. The first-order valence-electron chi connectivity index (χ1n) is 9.36. The Bertz CT molecular complexity index is 976. The van der Waals surface area contributed by atoms with Crippen molar-refractivity contribution >= 4 is 34.0 Å². The molecule has 0 saturated heterocycles. The van der Waals surface area contributed by atoms with Gasteiger partial charge in [0.25, 0.3) is 5.91 Å². The topological polar surface area (TPSA) is 84.0 Å². The van der Waals surface area contributed by atoms with Crippen LogP contribution in [-0.2, 0) is 17.6 Å². The third-order valence-electron chi connectivity index (χ3n) is 4.01. The number of hydrogen-bond donors (Lipinski definition) is 2. The first kappa shape index (κ1) is 20.7. The summed E-state index contributed by atoms with van der Waals surface area (Å²) in [6.07, 6.45) is 1.11. The average Bonchev–Trinajstić information content (AvgIpc) is 3.08. The van der Waals surface area contributed by atoms with E-state index in [2.05, 4.69) is 41.6 Å². The van der Waals surface area contributed by atoms with Gasteiger partial charge in [-0.15, -0.1) is 10.2 Å². The van der Waals surface area contributed by atoms with Gasteiger partial charge in [0.2, 0.25) is 11.0 Å². The van der Waals surface area contributed by atoms with Crippen molar-refractivity contribution in [2.24, 2.45) is 5.41 Å². The van der Waals surface area contributed by atoms with E-state index >= 15 is 0 Å². The van der Waals surface area contributed by atoms with Gasteiger partial charge in [-0.05, 0) is 35.2 Å². The van der Waals surface area contributed by atoms with Crippen LogP contribution in [0.25, 0.3) is 0 Å². The molecular formula is C22H24N4O2S. The zero-order valence-electron chi connectivity index (χ0n) is 16.7. The SMILES string of the molecule is CC(C)(C)Cc1nnc(NC(=O)c2ccc(NC(=O)Cc3ccccc3)cc2)s1. The van der Waals surface area contributed by atoms with Crippen LogP contribution in [0.2, 0.25) is 0 Å². The second kappa shape index (κ2) is 8.96. The Balaban J connectivity index is 1.55. The Labute approximate surface area is 174 Å². The first-order valence-corrected chi connectivity index (χ1v) is 10.2. The van der Waals surface area contributed by atoms with E-state index < -0.39 is 0 Å². The number of hydrogen-bond acceptors (Lipinski definition) is 5. The standard InChI is InChI=1S/C22H24N4O2S/c1-22(2,3)14-19-25-26-21(29-19)24-20(28)16-9-11-17(12-10-16)23-18(27)13-15-7-5-4-6-8-15/h4-12H,13-14H2,1-3H3,(H,23,27)(H,24,26,28). The van der Waals surface area contributed by atoms with Gasteiger partial charge in [-0.3, -0.25) is 14.9 Å². The van der Waals surface area contributed by atoms with Gasteiger partial charge in [-0.1, -0.05) is 62.4 Å². The van der Waals surface area contributed by atoms with Gasteiger partial charge in [0, 0.05) is 17.7 Å². The predicted molar refractivity (Wildman–Crippen MR) is 116 cm³/mol. The summed E-state index contributed by atoms with van der Waals surface area (Å²) in [7, 11) is 0. The second-order valence-electron chi connectivity index (χ2n) is 7.98. The van der Waals surface area contributed by atoms with E-state index in [-0.39, 0.29) is 17.2 Å². The van der Waals surface area contributed by atoms with Gasteiger partial charge < -0.3 is 5.32 Å². The largest absolute Gasteiger partial charge is 0.326 e. The minimum absolute atomic E-state index is 0.103. The number of carbonyl (C=O) groups is 2. The highest BCUT2D eigenvalue weighted by molar-refractivity contribution is 7.15. The number of anilines is 2. The Kier molecular flexibility index (Phi) is 6.39. The molecule has 1 heterocycles. The second-order valence-corrected chi connectivity index (χ2v) is 9.04. The number of carbonyl (C=O) groups excluding carboxylic acids is 2. The van der Waals surface area contributed by atoms with Crippen molar-refractivity contribution in [1.82, 2.24) is 10.2 Å². The molecule has 0 aliphatic heterocycles. The van der Waals surface area contributed by atoms with Crippen molar-refractivity contribution < 1.29 is 9.59 Å². The zero-order valence-corrected chi connectivity index (χ0v) is 17.5. The van der Waals surface area contributed by atoms with Crippen molar-refractivity contribution in [3.05, 3.63) is 70.7 Å². The molecule has 1 aromatic heterocycles. The minimum Gasteiger partial charge on any atom is -0.326 e. The fourth-order valence-corrected chi connectivity index (χ4v) is 3.73. The summed E-state index contributed by atoms with van der Waals surface area (Å²) in [6.45, 7) is 6.40. The summed E-state index contributed by atoms with van der Waals surface area (Å²) in [5, 5.41) is 15.2. The smallest absolute Gasteiger partial charge is 0.257 e. The summed E-state index contributed by atoms with van der Waals surface area (Å²) in [6, 6.07) is 16.3. The molecule has 2 N–H and O–H groups in total. The maximum atomic E-state index is 12.4. The minimum atomic E-state index is -0.259.